The minimum Gasteiger partial charge on any atom is -0.481 e. The Bertz CT molecular complexity index is 451. The molecule has 1 N–H and O–H groups in total. The van der Waals surface area contributed by atoms with E-state index in [1.165, 1.54) is 0 Å². The van der Waals surface area contributed by atoms with E-state index < -0.39 is 23.0 Å². The molecule has 1 aromatic rings. The summed E-state index contributed by atoms with van der Waals surface area (Å²) in [6, 6.07) is 2.27. The van der Waals surface area contributed by atoms with Gasteiger partial charge in [0.15, 0.2) is 11.6 Å². The molecule has 0 saturated heterocycles. The number of carbonyl (C=O) groups is 1. The Kier molecular flexibility index (Phi) is 2.45. The van der Waals surface area contributed by atoms with Gasteiger partial charge in [0, 0.05) is 5.41 Å². The molecule has 1 fully saturated rings. The van der Waals surface area contributed by atoms with Crippen molar-refractivity contribution in [3.8, 4) is 0 Å². The zero-order valence-electron chi connectivity index (χ0n) is 8.89. The molecule has 1 saturated carbocycles. The molecular weight excluding hydrogens is 214 g/mol. The first-order valence-corrected chi connectivity index (χ1v) is 5.12. The summed E-state index contributed by atoms with van der Waals surface area (Å²) in [7, 11) is 0. The molecule has 1 aliphatic rings. The molecule has 2 nitrogen and oxygen atoms in total. The van der Waals surface area contributed by atoms with Gasteiger partial charge in [0.25, 0.3) is 0 Å². The predicted octanol–water partition coefficient (Wildman–Crippen LogP) is 2.78. The topological polar surface area (TPSA) is 37.3 Å². The lowest BCUT2D eigenvalue weighted by Gasteiger charge is -2.16. The number of carboxylic acid groups (broad SMARTS) is 1. The third-order valence-corrected chi connectivity index (χ3v) is 3.18. The fourth-order valence-electron chi connectivity index (χ4n) is 2.20. The van der Waals surface area contributed by atoms with Crippen molar-refractivity contribution in [1.82, 2.24) is 0 Å². The molecular formula is C12H12F2O2. The second kappa shape index (κ2) is 3.54. The highest BCUT2D eigenvalue weighted by molar-refractivity contribution is 5.70. The molecule has 0 atom stereocenters. The number of aliphatic carboxylic acids is 1. The van der Waals surface area contributed by atoms with Gasteiger partial charge in [0.05, 0.1) is 6.42 Å². The maximum atomic E-state index is 13.1. The molecule has 0 radical (unpaired) electrons. The highest BCUT2D eigenvalue weighted by atomic mass is 19.2. The van der Waals surface area contributed by atoms with Crippen molar-refractivity contribution < 1.29 is 18.7 Å². The molecule has 0 unspecified atom stereocenters. The zero-order chi connectivity index (χ0) is 11.9. The summed E-state index contributed by atoms with van der Waals surface area (Å²) in [4.78, 5) is 10.7. The zero-order valence-corrected chi connectivity index (χ0v) is 8.89. The van der Waals surface area contributed by atoms with Crippen LogP contribution in [-0.2, 0) is 10.2 Å². The third-order valence-electron chi connectivity index (χ3n) is 3.18. The van der Waals surface area contributed by atoms with Crippen molar-refractivity contribution in [2.24, 2.45) is 0 Å². The lowest BCUT2D eigenvalue weighted by Crippen LogP contribution is -2.15. The van der Waals surface area contributed by atoms with Crippen molar-refractivity contribution in [1.29, 1.82) is 0 Å². The molecule has 16 heavy (non-hydrogen) atoms. The maximum absolute atomic E-state index is 13.1. The van der Waals surface area contributed by atoms with E-state index in [9.17, 15) is 13.6 Å². The number of hydrogen-bond donors (Lipinski definition) is 1. The normalized spacial score (nSPS) is 17.2. The SMILES string of the molecule is Cc1cc(F)c(F)cc1C1(CC(=O)O)CC1. The van der Waals surface area contributed by atoms with Gasteiger partial charge in [-0.05, 0) is 43.0 Å². The van der Waals surface area contributed by atoms with Crippen LogP contribution < -0.4 is 0 Å². The molecule has 0 spiro atoms. The molecule has 0 amide bonds. The minimum absolute atomic E-state index is 0.0150. The first-order chi connectivity index (χ1) is 7.44. The van der Waals surface area contributed by atoms with Crippen LogP contribution in [0.4, 0.5) is 8.78 Å². The number of aryl methyl sites for hydroxylation is 1. The average Bonchev–Trinajstić information content (AvgIpc) is 2.91. The monoisotopic (exact) mass is 226 g/mol. The van der Waals surface area contributed by atoms with Crippen LogP contribution in [0.3, 0.4) is 0 Å². The van der Waals surface area contributed by atoms with E-state index in [-0.39, 0.29) is 6.42 Å². The van der Waals surface area contributed by atoms with E-state index >= 15 is 0 Å². The number of hydrogen-bond acceptors (Lipinski definition) is 1. The molecule has 0 heterocycles. The van der Waals surface area contributed by atoms with Gasteiger partial charge in [-0.15, -0.1) is 0 Å². The van der Waals surface area contributed by atoms with E-state index in [1.54, 1.807) is 6.92 Å². The van der Waals surface area contributed by atoms with Crippen LogP contribution in [0.15, 0.2) is 12.1 Å². The van der Waals surface area contributed by atoms with E-state index in [0.717, 1.165) is 25.0 Å². The molecule has 0 aliphatic heterocycles. The van der Waals surface area contributed by atoms with Crippen molar-refractivity contribution >= 4 is 5.97 Å². The largest absolute Gasteiger partial charge is 0.481 e. The fourth-order valence-corrected chi connectivity index (χ4v) is 2.20. The number of carboxylic acids is 1. The van der Waals surface area contributed by atoms with Gasteiger partial charge in [-0.2, -0.15) is 0 Å². The summed E-state index contributed by atoms with van der Waals surface area (Å²) in [5, 5.41) is 8.80. The van der Waals surface area contributed by atoms with Crippen LogP contribution in [0.1, 0.15) is 30.4 Å². The second-order valence-corrected chi connectivity index (χ2v) is 4.43. The predicted molar refractivity (Wildman–Crippen MR) is 54.3 cm³/mol. The van der Waals surface area contributed by atoms with Gasteiger partial charge < -0.3 is 5.11 Å². The van der Waals surface area contributed by atoms with Crippen LogP contribution in [0.2, 0.25) is 0 Å². The highest BCUT2D eigenvalue weighted by Gasteiger charge is 2.47. The van der Waals surface area contributed by atoms with Gasteiger partial charge in [-0.3, -0.25) is 4.79 Å². The standard InChI is InChI=1S/C12H12F2O2/c1-7-4-9(13)10(14)5-8(7)12(2-3-12)6-11(15)16/h4-5H,2-3,6H2,1H3,(H,15,16). The summed E-state index contributed by atoms with van der Waals surface area (Å²) in [5.41, 5.74) is 0.788. The van der Waals surface area contributed by atoms with Gasteiger partial charge in [0.1, 0.15) is 0 Å². The fraction of sp³-hybridized carbons (Fsp3) is 0.417. The minimum atomic E-state index is -0.905. The summed E-state index contributed by atoms with van der Waals surface area (Å²) in [6.07, 6.45) is 1.44. The van der Waals surface area contributed by atoms with Crippen molar-refractivity contribution in [3.05, 3.63) is 34.9 Å². The van der Waals surface area contributed by atoms with E-state index in [1.807, 2.05) is 0 Å². The van der Waals surface area contributed by atoms with Crippen LogP contribution in [-0.4, -0.2) is 11.1 Å². The maximum Gasteiger partial charge on any atom is 0.304 e. The number of rotatable bonds is 3. The van der Waals surface area contributed by atoms with Gasteiger partial charge >= 0.3 is 5.97 Å². The average molecular weight is 226 g/mol. The number of halogens is 2. The lowest BCUT2D eigenvalue weighted by molar-refractivity contribution is -0.137. The Labute approximate surface area is 91.9 Å². The van der Waals surface area contributed by atoms with Crippen molar-refractivity contribution in [2.75, 3.05) is 0 Å². The van der Waals surface area contributed by atoms with E-state index in [2.05, 4.69) is 0 Å². The van der Waals surface area contributed by atoms with Crippen LogP contribution in [0, 0.1) is 18.6 Å². The number of benzene rings is 1. The van der Waals surface area contributed by atoms with Gasteiger partial charge in [-0.25, -0.2) is 8.78 Å². The van der Waals surface area contributed by atoms with E-state index in [0.29, 0.717) is 11.1 Å². The van der Waals surface area contributed by atoms with Gasteiger partial charge in [-0.1, -0.05) is 0 Å². The summed E-state index contributed by atoms with van der Waals surface area (Å²) >= 11 is 0. The summed E-state index contributed by atoms with van der Waals surface area (Å²) in [5.74, 6) is -2.69. The Hall–Kier alpha value is -1.45. The molecule has 1 aromatic carbocycles. The quantitative estimate of drug-likeness (QED) is 0.860. The third kappa shape index (κ3) is 1.79. The molecule has 4 heteroatoms. The van der Waals surface area contributed by atoms with Crippen LogP contribution in [0.25, 0.3) is 0 Å². The molecule has 1 aliphatic carbocycles. The van der Waals surface area contributed by atoms with E-state index in [4.69, 9.17) is 5.11 Å². The van der Waals surface area contributed by atoms with Crippen molar-refractivity contribution in [2.45, 2.75) is 31.6 Å². The highest BCUT2D eigenvalue weighted by Crippen LogP contribution is 2.52. The molecule has 86 valence electrons. The first kappa shape index (κ1) is 11.0. The van der Waals surface area contributed by atoms with Crippen LogP contribution in [0.5, 0.6) is 0 Å². The molecule has 2 rings (SSSR count). The Balaban J connectivity index is 2.41. The Morgan fingerprint density at radius 1 is 1.38 bits per heavy atom. The lowest BCUT2D eigenvalue weighted by atomic mass is 9.89. The van der Waals surface area contributed by atoms with Gasteiger partial charge in [0.2, 0.25) is 0 Å². The first-order valence-electron chi connectivity index (χ1n) is 5.12. The second-order valence-electron chi connectivity index (χ2n) is 4.43. The molecule has 0 bridgehead atoms. The van der Waals surface area contributed by atoms with Crippen molar-refractivity contribution in [3.63, 3.8) is 0 Å². The summed E-state index contributed by atoms with van der Waals surface area (Å²) in [6.45, 7) is 1.68. The Morgan fingerprint density at radius 3 is 2.44 bits per heavy atom. The smallest absolute Gasteiger partial charge is 0.304 e. The Morgan fingerprint density at radius 2 is 1.94 bits per heavy atom. The van der Waals surface area contributed by atoms with Crippen LogP contribution >= 0.6 is 0 Å². The summed E-state index contributed by atoms with van der Waals surface area (Å²) < 4.78 is 26.1. The molecule has 0 aromatic heterocycles.